The summed E-state index contributed by atoms with van der Waals surface area (Å²) in [7, 11) is 0. The fourth-order valence-electron chi connectivity index (χ4n) is 4.09. The minimum absolute atomic E-state index is 0.0465. The van der Waals surface area contributed by atoms with Crippen molar-refractivity contribution < 1.29 is 28.2 Å². The summed E-state index contributed by atoms with van der Waals surface area (Å²) in [5.41, 5.74) is -0.910. The summed E-state index contributed by atoms with van der Waals surface area (Å²) < 4.78 is 42.1. The van der Waals surface area contributed by atoms with Gasteiger partial charge in [0.05, 0.1) is 53.2 Å². The van der Waals surface area contributed by atoms with Crippen molar-refractivity contribution in [3.8, 4) is 11.8 Å². The van der Waals surface area contributed by atoms with Crippen molar-refractivity contribution in [2.75, 3.05) is 11.5 Å². The molecular formula is C25H23F3N6O3S. The van der Waals surface area contributed by atoms with Gasteiger partial charge in [0.2, 0.25) is 0 Å². The Morgan fingerprint density at radius 2 is 1.82 bits per heavy atom. The van der Waals surface area contributed by atoms with Crippen LogP contribution in [0.5, 0.6) is 0 Å². The molecule has 2 aromatic carbocycles. The Bertz CT molecular complexity index is 1410. The van der Waals surface area contributed by atoms with E-state index < -0.39 is 34.9 Å². The van der Waals surface area contributed by atoms with Gasteiger partial charge in [0.1, 0.15) is 5.54 Å². The van der Waals surface area contributed by atoms with Gasteiger partial charge in [-0.15, -0.1) is 5.10 Å². The zero-order chi connectivity index (χ0) is 27.8. The molecule has 3 aromatic rings. The maximum atomic E-state index is 13.5. The minimum Gasteiger partial charge on any atom is -0.394 e. The number of hydrogen-bond acceptors (Lipinski definition) is 7. The number of carbonyl (C=O) groups excluding carboxylic acids is 1. The molecule has 1 atom stereocenters. The molecule has 1 unspecified atom stereocenters. The first-order valence-corrected chi connectivity index (χ1v) is 11.8. The van der Waals surface area contributed by atoms with Crippen molar-refractivity contribution in [3.63, 3.8) is 0 Å². The smallest absolute Gasteiger partial charge is 0.394 e. The van der Waals surface area contributed by atoms with Gasteiger partial charge in [-0.05, 0) is 62.0 Å². The van der Waals surface area contributed by atoms with Gasteiger partial charge < -0.3 is 15.1 Å². The quantitative estimate of drug-likeness (QED) is 0.436. The molecule has 0 bridgehead atoms. The summed E-state index contributed by atoms with van der Waals surface area (Å²) >= 11 is 5.54. The lowest BCUT2D eigenvalue weighted by Gasteiger charge is -2.29. The van der Waals surface area contributed by atoms with Gasteiger partial charge in [-0.3, -0.25) is 9.69 Å². The largest absolute Gasteiger partial charge is 0.417 e. The Kier molecular flexibility index (Phi) is 7.24. The van der Waals surface area contributed by atoms with E-state index in [1.165, 1.54) is 16.8 Å². The van der Waals surface area contributed by atoms with Crippen LogP contribution in [-0.4, -0.2) is 59.4 Å². The fraction of sp³-hybridized carbons (Fsp3) is 0.320. The molecule has 1 saturated heterocycles. The Morgan fingerprint density at radius 1 is 1.16 bits per heavy atom. The summed E-state index contributed by atoms with van der Waals surface area (Å²) in [6.07, 6.45) is -3.91. The summed E-state index contributed by atoms with van der Waals surface area (Å²) in [5, 5.41) is 35.7. The Morgan fingerprint density at radius 3 is 2.42 bits per heavy atom. The predicted octanol–water partition coefficient (Wildman–Crippen LogP) is 2.97. The zero-order valence-electron chi connectivity index (χ0n) is 20.3. The van der Waals surface area contributed by atoms with Gasteiger partial charge in [0, 0.05) is 13.0 Å². The van der Waals surface area contributed by atoms with Crippen molar-refractivity contribution >= 4 is 28.9 Å². The van der Waals surface area contributed by atoms with E-state index in [2.05, 4.69) is 10.3 Å². The molecule has 1 aromatic heterocycles. The zero-order valence-corrected chi connectivity index (χ0v) is 21.2. The lowest BCUT2D eigenvalue weighted by molar-refractivity contribution is -0.137. The third-order valence-electron chi connectivity index (χ3n) is 6.25. The molecule has 1 aliphatic heterocycles. The van der Waals surface area contributed by atoms with Crippen molar-refractivity contribution in [1.29, 1.82) is 5.26 Å². The summed E-state index contributed by atoms with van der Waals surface area (Å²) in [6, 6.07) is 11.8. The lowest BCUT2D eigenvalue weighted by Crippen LogP contribution is -2.43. The Balaban J connectivity index is 1.56. The fourth-order valence-corrected chi connectivity index (χ4v) is 4.57. The number of anilines is 1. The number of aliphatic hydroxyl groups is 2. The molecule has 0 aliphatic carbocycles. The van der Waals surface area contributed by atoms with E-state index in [0.717, 1.165) is 22.6 Å². The molecule has 1 amide bonds. The topological polar surface area (TPSA) is 119 Å². The highest BCUT2D eigenvalue weighted by Gasteiger charge is 2.49. The van der Waals surface area contributed by atoms with Crippen LogP contribution in [0.25, 0.3) is 5.69 Å². The van der Waals surface area contributed by atoms with Crippen LogP contribution in [0.15, 0.2) is 48.7 Å². The van der Waals surface area contributed by atoms with Crippen molar-refractivity contribution in [2.24, 2.45) is 0 Å². The summed E-state index contributed by atoms with van der Waals surface area (Å²) in [4.78, 5) is 16.0. The third kappa shape index (κ3) is 5.10. The minimum atomic E-state index is -4.77. The molecular weight excluding hydrogens is 521 g/mol. The van der Waals surface area contributed by atoms with Gasteiger partial charge in [0.15, 0.2) is 5.11 Å². The number of aliphatic hydroxyl groups excluding tert-OH is 2. The number of hydrogen-bond donors (Lipinski definition) is 2. The van der Waals surface area contributed by atoms with Crippen molar-refractivity contribution in [3.05, 3.63) is 71.0 Å². The molecule has 2 heterocycles. The molecule has 0 radical (unpaired) electrons. The molecule has 198 valence electrons. The third-order valence-corrected chi connectivity index (χ3v) is 6.65. The molecule has 2 N–H and O–H groups in total. The van der Waals surface area contributed by atoms with Crippen LogP contribution in [0.3, 0.4) is 0 Å². The highest BCUT2D eigenvalue weighted by Crippen LogP contribution is 2.38. The van der Waals surface area contributed by atoms with Crippen LogP contribution in [0.1, 0.15) is 36.2 Å². The molecule has 13 heteroatoms. The summed E-state index contributed by atoms with van der Waals surface area (Å²) in [6.45, 7) is 3.11. The van der Waals surface area contributed by atoms with Crippen LogP contribution >= 0.6 is 12.2 Å². The predicted molar refractivity (Wildman–Crippen MR) is 134 cm³/mol. The lowest BCUT2D eigenvalue weighted by atomic mass is 10.0. The number of amides is 1. The van der Waals surface area contributed by atoms with Crippen molar-refractivity contribution in [2.45, 2.75) is 44.6 Å². The number of carbonyl (C=O) groups is 1. The van der Waals surface area contributed by atoms with E-state index >= 15 is 0 Å². The molecule has 1 fully saturated rings. The first-order chi connectivity index (χ1) is 17.9. The van der Waals surface area contributed by atoms with Crippen LogP contribution in [-0.2, 0) is 23.9 Å². The average molecular weight is 545 g/mol. The number of benzene rings is 2. The molecule has 38 heavy (non-hydrogen) atoms. The molecule has 0 spiro atoms. The second-order valence-electron chi connectivity index (χ2n) is 9.27. The van der Waals surface area contributed by atoms with Gasteiger partial charge in [0.25, 0.3) is 5.91 Å². The number of rotatable bonds is 7. The highest BCUT2D eigenvalue weighted by atomic mass is 32.1. The molecule has 0 saturated carbocycles. The van der Waals surface area contributed by atoms with E-state index in [9.17, 15) is 23.1 Å². The normalized spacial score (nSPS) is 16.2. The van der Waals surface area contributed by atoms with Gasteiger partial charge in [-0.1, -0.05) is 17.3 Å². The van der Waals surface area contributed by atoms with Crippen molar-refractivity contribution in [1.82, 2.24) is 19.9 Å². The van der Waals surface area contributed by atoms with Crippen LogP contribution in [0.4, 0.5) is 18.9 Å². The molecule has 4 rings (SSSR count). The van der Waals surface area contributed by atoms with Crippen LogP contribution in [0.2, 0.25) is 0 Å². The van der Waals surface area contributed by atoms with Gasteiger partial charge in [-0.25, -0.2) is 4.68 Å². The number of thiocarbonyl (C=S) groups is 1. The molecule has 1 aliphatic rings. The van der Waals surface area contributed by atoms with Crippen LogP contribution < -0.4 is 4.90 Å². The molecule has 9 nitrogen and oxygen atoms in total. The number of halogens is 3. The second kappa shape index (κ2) is 10.1. The Labute approximate surface area is 221 Å². The number of alkyl halides is 3. The highest BCUT2D eigenvalue weighted by molar-refractivity contribution is 7.80. The van der Waals surface area contributed by atoms with Gasteiger partial charge >= 0.3 is 6.18 Å². The van der Waals surface area contributed by atoms with E-state index in [1.807, 2.05) is 0 Å². The van der Waals surface area contributed by atoms with Crippen LogP contribution in [0, 0.1) is 11.3 Å². The average Bonchev–Trinajstić information content (AvgIpc) is 3.40. The maximum Gasteiger partial charge on any atom is 0.417 e. The number of nitriles is 1. The first kappa shape index (κ1) is 27.2. The van der Waals surface area contributed by atoms with E-state index in [-0.39, 0.29) is 30.4 Å². The Hall–Kier alpha value is -3.86. The SMILES string of the molecule is CC1(C)C(=O)N(c2ccc(C#N)c(C(F)(F)F)c2)C(=S)N1Cc1ccc(-n2cc(CC(O)CO)nn2)cc1. The standard InChI is InChI=1S/C25H23F3N6O3S/c1-24(2)22(37)34(19-8-5-16(11-29)21(10-19)25(26,27)28)23(38)32(24)12-15-3-6-18(7-4-15)33-13-17(30-31-33)9-20(36)14-35/h3-8,10,13,20,35-36H,9,12,14H2,1-2H3. The first-order valence-electron chi connectivity index (χ1n) is 11.4. The maximum absolute atomic E-state index is 13.5. The second-order valence-corrected chi connectivity index (χ2v) is 9.63. The van der Waals surface area contributed by atoms with E-state index in [4.69, 9.17) is 22.6 Å². The monoisotopic (exact) mass is 544 g/mol. The summed E-state index contributed by atoms with van der Waals surface area (Å²) in [5.74, 6) is -0.489. The van der Waals surface area contributed by atoms with E-state index in [0.29, 0.717) is 11.4 Å². The van der Waals surface area contributed by atoms with Gasteiger partial charge in [-0.2, -0.15) is 18.4 Å². The number of aromatic nitrogens is 3. The van der Waals surface area contributed by atoms with E-state index in [1.54, 1.807) is 49.2 Å². The number of nitrogens with zero attached hydrogens (tertiary/aromatic N) is 6.